The first kappa shape index (κ1) is 76.1. The summed E-state index contributed by atoms with van der Waals surface area (Å²) in [4.78, 5) is 94.4. The van der Waals surface area contributed by atoms with Crippen LogP contribution in [0.4, 0.5) is 63.1 Å². The van der Waals surface area contributed by atoms with Crippen molar-refractivity contribution in [2.45, 2.75) is 222 Å². The zero-order valence-corrected chi connectivity index (χ0v) is 49.9. The molecule has 4 fully saturated rings. The summed E-state index contributed by atoms with van der Waals surface area (Å²) >= 11 is 0. The van der Waals surface area contributed by atoms with Crippen molar-refractivity contribution in [2.75, 3.05) is 40.0 Å². The van der Waals surface area contributed by atoms with E-state index in [0.29, 0.717) is 127 Å². The van der Waals surface area contributed by atoms with Crippen molar-refractivity contribution in [3.63, 3.8) is 0 Å². The van der Waals surface area contributed by atoms with Crippen LogP contribution in [0.5, 0.6) is 0 Å². The van der Waals surface area contributed by atoms with Crippen molar-refractivity contribution in [2.24, 2.45) is 23.7 Å². The van der Waals surface area contributed by atoms with Gasteiger partial charge in [-0.3, -0.25) is 9.59 Å². The molecule has 33 heteroatoms. The second kappa shape index (κ2) is 37.8. The van der Waals surface area contributed by atoms with Gasteiger partial charge in [-0.1, -0.05) is 13.2 Å². The maximum atomic E-state index is 14.3. The van der Waals surface area contributed by atoms with E-state index in [2.05, 4.69) is 67.6 Å². The Morgan fingerprint density at radius 2 is 0.667 bits per heavy atom. The Bertz CT molecular complexity index is 2300. The number of alkyl halides is 10. The van der Waals surface area contributed by atoms with Gasteiger partial charge >= 0.3 is 79.0 Å². The topological polar surface area (TPSA) is 286 Å². The van der Waals surface area contributed by atoms with Crippen molar-refractivity contribution >= 4 is 48.3 Å². The van der Waals surface area contributed by atoms with E-state index in [1.54, 1.807) is 0 Å². The molecule has 90 heavy (non-hydrogen) atoms. The van der Waals surface area contributed by atoms with Gasteiger partial charge in [0.25, 0.3) is 0 Å². The minimum absolute atomic E-state index is 0.0899. The smallest absolute Gasteiger partial charge is 0.450 e. The highest BCUT2D eigenvalue weighted by Crippen LogP contribution is 2.45. The number of hydrogen-bond donors (Lipinski definition) is 4. The normalized spacial score (nSPS) is 22.5. The van der Waals surface area contributed by atoms with Crippen LogP contribution >= 0.6 is 0 Å². The standard InChI is InChI=1S/C57H82F10N4O19/c1-3-45(72)84-35-86-47(74)11-7-5-9-29-80-49(76)68-41-21-13-37(14-22-41)31-39-17-25-43(26-18-39)70-51(78)82-33-53(58,59)88-55(62,63)56(64,65)90-57(66,67)89-54(60,61)34-83-52(79)71-44-27-19-40(20-28-44)32-38-15-23-42(24-16-38)69-50(77)81-30-10-6-8-12-48(75)87-36-85-46(73)4-2/h3-4,37-44H,1-2,5-36H2,(H,68,76)(H,69,77)(H,70,78)(H,71,79). The number of hydrogen-bond acceptors (Lipinski definition) is 19. The molecule has 0 atom stereocenters. The molecule has 0 aromatic carbocycles. The molecule has 0 aromatic heterocycles. The van der Waals surface area contributed by atoms with Gasteiger partial charge in [0.05, 0.1) is 13.2 Å². The number of carbonyl (C=O) groups is 8. The lowest BCUT2D eigenvalue weighted by molar-refractivity contribution is -0.566. The van der Waals surface area contributed by atoms with Gasteiger partial charge in [-0.05, 0) is 178 Å². The number of alkyl carbamates (subject to hydrolysis) is 4. The summed E-state index contributed by atoms with van der Waals surface area (Å²) in [6.07, 6.45) is -18.1. The third-order valence-corrected chi connectivity index (χ3v) is 15.6. The highest BCUT2D eigenvalue weighted by atomic mass is 19.3. The number of rotatable bonds is 37. The number of esters is 4. The number of carbonyl (C=O) groups excluding carboxylic acids is 8. The average molecular weight is 1320 g/mol. The van der Waals surface area contributed by atoms with Crippen LogP contribution in [-0.2, 0) is 71.3 Å². The molecule has 4 aliphatic rings. The van der Waals surface area contributed by atoms with E-state index in [1.165, 1.54) is 0 Å². The summed E-state index contributed by atoms with van der Waals surface area (Å²) in [5, 5.41) is 10.2. The minimum atomic E-state index is -6.80. The molecule has 514 valence electrons. The van der Waals surface area contributed by atoms with Crippen LogP contribution in [0.2, 0.25) is 0 Å². The van der Waals surface area contributed by atoms with Crippen molar-refractivity contribution in [1.82, 2.24) is 21.3 Å². The fraction of sp³-hybridized carbons (Fsp3) is 0.789. The van der Waals surface area contributed by atoms with E-state index < -0.39 is 118 Å². The summed E-state index contributed by atoms with van der Waals surface area (Å²) in [6, 6.07) is -1.40. The Labute approximate surface area is 513 Å². The molecule has 4 amide bonds. The Balaban J connectivity index is 1.02. The average Bonchev–Trinajstić information content (AvgIpc) is 0.944. The van der Waals surface area contributed by atoms with E-state index in [4.69, 9.17) is 18.9 Å². The molecule has 4 rings (SSSR count). The van der Waals surface area contributed by atoms with Crippen LogP contribution in [0.3, 0.4) is 0 Å². The maximum Gasteiger partial charge on any atom is 0.495 e. The van der Waals surface area contributed by atoms with Gasteiger partial charge in [0.15, 0.2) is 13.2 Å². The Hall–Kier alpha value is -6.38. The zero-order chi connectivity index (χ0) is 66.4. The molecular weight excluding hydrogens is 1230 g/mol. The highest BCUT2D eigenvalue weighted by Gasteiger charge is 2.69. The van der Waals surface area contributed by atoms with Crippen LogP contribution in [0.1, 0.15) is 167 Å². The monoisotopic (exact) mass is 1320 g/mol. The first-order valence-corrected chi connectivity index (χ1v) is 30.1. The maximum absolute atomic E-state index is 14.3. The van der Waals surface area contributed by atoms with Gasteiger partial charge in [-0.2, -0.15) is 35.1 Å². The summed E-state index contributed by atoms with van der Waals surface area (Å²) < 4.78 is 188. The van der Waals surface area contributed by atoms with Crippen molar-refractivity contribution in [3.05, 3.63) is 25.3 Å². The summed E-state index contributed by atoms with van der Waals surface area (Å²) in [5.41, 5.74) is 0. The summed E-state index contributed by atoms with van der Waals surface area (Å²) in [5.74, 6) is -1.40. The largest absolute Gasteiger partial charge is 0.495 e. The number of halogens is 10. The van der Waals surface area contributed by atoms with Crippen LogP contribution in [0.15, 0.2) is 25.3 Å². The molecule has 0 bridgehead atoms. The number of amides is 4. The lowest BCUT2D eigenvalue weighted by Crippen LogP contribution is -2.54. The van der Waals surface area contributed by atoms with Crippen LogP contribution in [0, 0.1) is 23.7 Å². The fourth-order valence-electron chi connectivity index (χ4n) is 10.9. The van der Waals surface area contributed by atoms with Crippen LogP contribution in [0.25, 0.3) is 0 Å². The lowest BCUT2D eigenvalue weighted by Gasteiger charge is -2.34. The van der Waals surface area contributed by atoms with E-state index >= 15 is 0 Å². The SMILES string of the molecule is C=CC(=O)OCOC(=O)CCCCCOC(=O)NC1CCC(CC2CCC(NC(=O)OCC(F)(F)OC(F)(F)OC(F)(F)C(F)(F)OC(F)(F)COC(=O)NC3CCC(CC4CCC(NC(=O)OCCCCCC(=O)OCOC(=O)C=C)CC4)CC3)CC2)CC1. The van der Waals surface area contributed by atoms with Crippen LogP contribution < -0.4 is 21.3 Å². The number of ether oxygens (including phenoxy) is 11. The lowest BCUT2D eigenvalue weighted by atomic mass is 9.76. The Morgan fingerprint density at radius 1 is 0.367 bits per heavy atom. The van der Waals surface area contributed by atoms with Crippen molar-refractivity contribution in [1.29, 1.82) is 0 Å². The molecule has 4 aliphatic carbocycles. The predicted octanol–water partition coefficient (Wildman–Crippen LogP) is 11.5. The van der Waals surface area contributed by atoms with Gasteiger partial charge in [0.2, 0.25) is 13.6 Å². The van der Waals surface area contributed by atoms with E-state index in [9.17, 15) is 82.3 Å². The number of nitrogens with one attached hydrogen (secondary N) is 4. The molecule has 23 nitrogen and oxygen atoms in total. The fourth-order valence-corrected chi connectivity index (χ4v) is 10.9. The molecular formula is C57H82F10N4O19. The predicted molar refractivity (Wildman–Crippen MR) is 290 cm³/mol. The quantitative estimate of drug-likeness (QED) is 0.0112. The third kappa shape index (κ3) is 31.1. The zero-order valence-electron chi connectivity index (χ0n) is 49.9. The molecule has 0 aliphatic heterocycles. The molecule has 0 saturated heterocycles. The van der Waals surface area contributed by atoms with Crippen LogP contribution in [-0.4, -0.2) is 143 Å². The molecule has 0 heterocycles. The van der Waals surface area contributed by atoms with Gasteiger partial charge in [-0.15, -0.1) is 8.78 Å². The van der Waals surface area contributed by atoms with E-state index in [1.807, 2.05) is 0 Å². The highest BCUT2D eigenvalue weighted by molar-refractivity contribution is 5.81. The van der Waals surface area contributed by atoms with Gasteiger partial charge in [-0.25, -0.2) is 43.0 Å². The van der Waals surface area contributed by atoms with Crippen molar-refractivity contribution < 1.29 is 134 Å². The first-order chi connectivity index (χ1) is 42.4. The number of unbranched alkanes of at least 4 members (excludes halogenated alkanes) is 4. The second-order valence-electron chi connectivity index (χ2n) is 22.6. The van der Waals surface area contributed by atoms with Gasteiger partial charge in [0.1, 0.15) is 0 Å². The van der Waals surface area contributed by atoms with Crippen molar-refractivity contribution in [3.8, 4) is 0 Å². The second-order valence-corrected chi connectivity index (χ2v) is 22.6. The summed E-state index contributed by atoms with van der Waals surface area (Å²) in [6.45, 7) is 0.914. The molecule has 0 unspecified atom stereocenters. The third-order valence-electron chi connectivity index (χ3n) is 15.6. The summed E-state index contributed by atoms with van der Waals surface area (Å²) in [7, 11) is 0. The molecule has 4 saturated carbocycles. The minimum Gasteiger partial charge on any atom is -0.450 e. The molecule has 0 radical (unpaired) electrons. The van der Waals surface area contributed by atoms with E-state index in [0.717, 1.165) is 50.7 Å². The molecule has 4 N–H and O–H groups in total. The van der Waals surface area contributed by atoms with Gasteiger partial charge < -0.3 is 59.2 Å². The Kier molecular flexibility index (Phi) is 32.0. The molecule has 0 aromatic rings. The van der Waals surface area contributed by atoms with E-state index in [-0.39, 0.29) is 50.0 Å². The first-order valence-electron chi connectivity index (χ1n) is 30.1. The molecule has 0 spiro atoms. The Morgan fingerprint density at radius 3 is 0.989 bits per heavy atom. The van der Waals surface area contributed by atoms with Gasteiger partial charge in [0, 0.05) is 49.2 Å².